The average Bonchev–Trinajstić information content (AvgIpc) is 3.35. The van der Waals surface area contributed by atoms with Gasteiger partial charge in [-0.3, -0.25) is 9.48 Å². The summed E-state index contributed by atoms with van der Waals surface area (Å²) in [6, 6.07) is 4.36. The Morgan fingerprint density at radius 3 is 2.77 bits per heavy atom. The number of carbonyl (C=O) groups excluding carboxylic acids is 1. The molecular formula is C19H24N6O. The summed E-state index contributed by atoms with van der Waals surface area (Å²) in [6.45, 7) is 6.48. The van der Waals surface area contributed by atoms with E-state index >= 15 is 0 Å². The zero-order valence-electron chi connectivity index (χ0n) is 15.5. The van der Waals surface area contributed by atoms with Crippen LogP contribution in [0, 0.1) is 23.7 Å². The van der Waals surface area contributed by atoms with Crippen molar-refractivity contribution < 1.29 is 4.79 Å². The molecule has 7 heteroatoms. The van der Waals surface area contributed by atoms with Gasteiger partial charge < -0.3 is 4.90 Å². The molecule has 1 saturated carbocycles. The van der Waals surface area contributed by atoms with E-state index in [4.69, 9.17) is 0 Å². The number of nitrogens with zero attached hydrogens (tertiary/aromatic N) is 6. The second kappa shape index (κ2) is 7.24. The Hall–Kier alpha value is -2.75. The summed E-state index contributed by atoms with van der Waals surface area (Å²) in [5.41, 5.74) is 2.06. The molecule has 0 saturated heterocycles. The van der Waals surface area contributed by atoms with Crippen molar-refractivity contribution in [2.24, 2.45) is 5.41 Å². The molecule has 0 radical (unpaired) electrons. The van der Waals surface area contributed by atoms with Gasteiger partial charge in [0.2, 0.25) is 0 Å². The lowest BCUT2D eigenvalue weighted by Gasteiger charge is -2.20. The Morgan fingerprint density at radius 2 is 2.19 bits per heavy atom. The van der Waals surface area contributed by atoms with E-state index in [-0.39, 0.29) is 17.4 Å². The van der Waals surface area contributed by atoms with Gasteiger partial charge in [0.15, 0.2) is 0 Å². The Bertz CT molecular complexity index is 818. The molecule has 7 nitrogen and oxygen atoms in total. The number of rotatable bonds is 7. The molecule has 1 unspecified atom stereocenters. The maximum Gasteiger partial charge on any atom is 0.261 e. The monoisotopic (exact) mass is 352 g/mol. The zero-order valence-corrected chi connectivity index (χ0v) is 15.5. The van der Waals surface area contributed by atoms with Crippen molar-refractivity contribution in [3.8, 4) is 6.07 Å². The van der Waals surface area contributed by atoms with Crippen molar-refractivity contribution in [1.82, 2.24) is 20.0 Å². The van der Waals surface area contributed by atoms with Crippen molar-refractivity contribution in [3.63, 3.8) is 0 Å². The summed E-state index contributed by atoms with van der Waals surface area (Å²) in [5.74, 6) is -0.0906. The third-order valence-corrected chi connectivity index (χ3v) is 5.27. The first-order chi connectivity index (χ1) is 12.5. The lowest BCUT2D eigenvalue weighted by molar-refractivity contribution is 0.0987. The Morgan fingerprint density at radius 1 is 1.42 bits per heavy atom. The van der Waals surface area contributed by atoms with Gasteiger partial charge in [-0.15, -0.1) is 0 Å². The van der Waals surface area contributed by atoms with E-state index in [0.29, 0.717) is 12.1 Å². The first kappa shape index (κ1) is 18.1. The SMILES string of the molecule is CCN(C(=O)c1cnn(C(C)CCC2(C#N)CC2)c1C)c1ccnnc1. The fraction of sp³-hybridized carbons (Fsp3) is 0.526. The molecule has 3 rings (SSSR count). The van der Waals surface area contributed by atoms with Crippen LogP contribution in [0.1, 0.15) is 61.6 Å². The van der Waals surface area contributed by atoms with E-state index in [2.05, 4.69) is 28.3 Å². The molecule has 1 atom stereocenters. The Labute approximate surface area is 153 Å². The third kappa shape index (κ3) is 3.45. The number of hydrogen-bond donors (Lipinski definition) is 0. The van der Waals surface area contributed by atoms with Crippen LogP contribution >= 0.6 is 0 Å². The Kier molecular flexibility index (Phi) is 5.03. The molecule has 2 heterocycles. The smallest absolute Gasteiger partial charge is 0.261 e. The van der Waals surface area contributed by atoms with Crippen molar-refractivity contribution >= 4 is 11.6 Å². The molecule has 1 fully saturated rings. The van der Waals surface area contributed by atoms with Gasteiger partial charge in [-0.05, 0) is 52.5 Å². The second-order valence-corrected chi connectivity index (χ2v) is 7.02. The molecule has 2 aromatic heterocycles. The molecule has 1 aliphatic rings. The van der Waals surface area contributed by atoms with Crippen LogP contribution in [0.15, 0.2) is 24.7 Å². The lowest BCUT2D eigenvalue weighted by Crippen LogP contribution is -2.31. The van der Waals surface area contributed by atoms with Gasteiger partial charge in [0.25, 0.3) is 5.91 Å². The highest BCUT2D eigenvalue weighted by atomic mass is 16.2. The molecule has 0 spiro atoms. The van der Waals surface area contributed by atoms with Crippen LogP contribution in [-0.4, -0.2) is 32.4 Å². The zero-order chi connectivity index (χ0) is 18.7. The van der Waals surface area contributed by atoms with Crippen molar-refractivity contribution in [2.75, 3.05) is 11.4 Å². The van der Waals surface area contributed by atoms with Gasteiger partial charge in [0.05, 0.1) is 41.3 Å². The van der Waals surface area contributed by atoms with Gasteiger partial charge in [-0.25, -0.2) is 0 Å². The van der Waals surface area contributed by atoms with E-state index in [0.717, 1.165) is 37.1 Å². The van der Waals surface area contributed by atoms with Gasteiger partial charge >= 0.3 is 0 Å². The molecule has 1 amide bonds. The number of aromatic nitrogens is 4. The fourth-order valence-corrected chi connectivity index (χ4v) is 3.29. The van der Waals surface area contributed by atoms with E-state index in [1.807, 2.05) is 18.5 Å². The second-order valence-electron chi connectivity index (χ2n) is 7.02. The van der Waals surface area contributed by atoms with E-state index in [1.54, 1.807) is 29.6 Å². The number of nitriles is 1. The minimum absolute atomic E-state index is 0.0906. The average molecular weight is 352 g/mol. The van der Waals surface area contributed by atoms with Crippen LogP contribution in [-0.2, 0) is 0 Å². The fourth-order valence-electron chi connectivity index (χ4n) is 3.29. The predicted molar refractivity (Wildman–Crippen MR) is 97.6 cm³/mol. The summed E-state index contributed by atoms with van der Waals surface area (Å²) in [4.78, 5) is 14.7. The summed E-state index contributed by atoms with van der Waals surface area (Å²) in [5, 5.41) is 21.3. The summed E-state index contributed by atoms with van der Waals surface area (Å²) < 4.78 is 1.90. The number of amides is 1. The molecular weight excluding hydrogens is 328 g/mol. The van der Waals surface area contributed by atoms with Gasteiger partial charge in [-0.2, -0.15) is 20.6 Å². The third-order valence-electron chi connectivity index (χ3n) is 5.27. The molecule has 2 aromatic rings. The van der Waals surface area contributed by atoms with E-state index in [9.17, 15) is 10.1 Å². The van der Waals surface area contributed by atoms with E-state index < -0.39 is 0 Å². The van der Waals surface area contributed by atoms with Crippen molar-refractivity contribution in [1.29, 1.82) is 5.26 Å². The highest BCUT2D eigenvalue weighted by Crippen LogP contribution is 2.49. The first-order valence-electron chi connectivity index (χ1n) is 9.05. The highest BCUT2D eigenvalue weighted by molar-refractivity contribution is 6.06. The summed E-state index contributed by atoms with van der Waals surface area (Å²) >= 11 is 0. The maximum atomic E-state index is 13.0. The number of hydrogen-bond acceptors (Lipinski definition) is 5. The van der Waals surface area contributed by atoms with Gasteiger partial charge in [0, 0.05) is 18.3 Å². The highest BCUT2D eigenvalue weighted by Gasteiger charge is 2.42. The lowest BCUT2D eigenvalue weighted by atomic mass is 9.99. The molecule has 26 heavy (non-hydrogen) atoms. The molecule has 0 bridgehead atoms. The Balaban J connectivity index is 1.75. The molecule has 1 aliphatic carbocycles. The number of anilines is 1. The standard InChI is InChI=1S/C19H24N6O/c1-4-24(16-6-10-21-22-11-16)18(26)17-12-23-25(15(17)3)14(2)5-7-19(13-20)8-9-19/h6,10-12,14H,4-5,7-9H2,1-3H3. The predicted octanol–water partition coefficient (Wildman–Crippen LogP) is 3.29. The first-order valence-corrected chi connectivity index (χ1v) is 9.05. The molecule has 136 valence electrons. The van der Waals surface area contributed by atoms with Crippen LogP contribution in [0.3, 0.4) is 0 Å². The van der Waals surface area contributed by atoms with Gasteiger partial charge in [-0.1, -0.05) is 0 Å². The van der Waals surface area contributed by atoms with Crippen LogP contribution in [0.2, 0.25) is 0 Å². The van der Waals surface area contributed by atoms with Crippen LogP contribution in [0.5, 0.6) is 0 Å². The molecule has 0 aromatic carbocycles. The van der Waals surface area contributed by atoms with Crippen LogP contribution in [0.25, 0.3) is 0 Å². The maximum absolute atomic E-state index is 13.0. The minimum Gasteiger partial charge on any atom is -0.307 e. The van der Waals surface area contributed by atoms with Crippen LogP contribution in [0.4, 0.5) is 5.69 Å². The van der Waals surface area contributed by atoms with Crippen molar-refractivity contribution in [2.45, 2.75) is 52.5 Å². The normalized spacial score (nSPS) is 15.9. The molecule has 0 N–H and O–H groups in total. The van der Waals surface area contributed by atoms with Crippen LogP contribution < -0.4 is 4.90 Å². The van der Waals surface area contributed by atoms with E-state index in [1.165, 1.54) is 0 Å². The minimum atomic E-state index is -0.110. The van der Waals surface area contributed by atoms with Crippen molar-refractivity contribution in [3.05, 3.63) is 35.9 Å². The summed E-state index contributed by atoms with van der Waals surface area (Å²) in [7, 11) is 0. The number of carbonyl (C=O) groups is 1. The van der Waals surface area contributed by atoms with Gasteiger partial charge in [0.1, 0.15) is 0 Å². The quantitative estimate of drug-likeness (QED) is 0.763. The topological polar surface area (TPSA) is 87.7 Å². The molecule has 0 aliphatic heterocycles. The largest absolute Gasteiger partial charge is 0.307 e. The summed E-state index contributed by atoms with van der Waals surface area (Å²) in [6.07, 6.45) is 8.58.